The van der Waals surface area contributed by atoms with E-state index < -0.39 is 10.8 Å². The largest absolute Gasteiger partial charge is 0.482 e. The third kappa shape index (κ3) is 3.28. The zero-order chi connectivity index (χ0) is 15.5. The number of benzene rings is 2. The van der Waals surface area contributed by atoms with Gasteiger partial charge in [-0.2, -0.15) is 0 Å². The van der Waals surface area contributed by atoms with E-state index in [9.17, 15) is 9.00 Å². The van der Waals surface area contributed by atoms with E-state index in [1.165, 1.54) is 0 Å². The Morgan fingerprint density at radius 3 is 2.73 bits per heavy atom. The molecule has 1 aliphatic heterocycles. The predicted molar refractivity (Wildman–Crippen MR) is 86.7 cm³/mol. The number of hydrogen-bond donors (Lipinski definition) is 2. The highest BCUT2D eigenvalue weighted by Gasteiger charge is 2.15. The van der Waals surface area contributed by atoms with Crippen molar-refractivity contribution in [3.05, 3.63) is 48.0 Å². The molecule has 2 aromatic carbocycles. The second kappa shape index (κ2) is 6.19. The van der Waals surface area contributed by atoms with E-state index in [2.05, 4.69) is 10.6 Å². The lowest BCUT2D eigenvalue weighted by Gasteiger charge is -2.19. The van der Waals surface area contributed by atoms with Crippen molar-refractivity contribution in [2.45, 2.75) is 11.4 Å². The van der Waals surface area contributed by atoms with Crippen LogP contribution < -0.4 is 15.4 Å². The molecule has 3 rings (SSSR count). The van der Waals surface area contributed by atoms with Gasteiger partial charge in [0.15, 0.2) is 6.61 Å². The Balaban J connectivity index is 1.66. The third-order valence-electron chi connectivity index (χ3n) is 3.37. The van der Waals surface area contributed by atoms with Crippen LogP contribution >= 0.6 is 0 Å². The fourth-order valence-electron chi connectivity index (χ4n) is 2.19. The van der Waals surface area contributed by atoms with E-state index in [0.717, 1.165) is 16.1 Å². The second-order valence-corrected chi connectivity index (χ2v) is 6.38. The van der Waals surface area contributed by atoms with Gasteiger partial charge in [0.2, 0.25) is 0 Å². The first-order valence-electron chi connectivity index (χ1n) is 6.85. The Labute approximate surface area is 131 Å². The molecule has 0 saturated carbocycles. The minimum Gasteiger partial charge on any atom is -0.482 e. The molecule has 0 aliphatic carbocycles. The zero-order valence-electron chi connectivity index (χ0n) is 12.1. The van der Waals surface area contributed by atoms with Gasteiger partial charge in [0.1, 0.15) is 5.75 Å². The topological polar surface area (TPSA) is 67.4 Å². The number of carbonyl (C=O) groups is 1. The van der Waals surface area contributed by atoms with Crippen molar-refractivity contribution < 1.29 is 13.7 Å². The van der Waals surface area contributed by atoms with Gasteiger partial charge in [0, 0.05) is 40.2 Å². The standard InChI is InChI=1S/C16H16N2O3S/c1-22(20)13-5-2-11(3-6-13)9-17-12-4-7-14-15(8-12)21-10-16(19)18-14/h2-8,17H,9-10H2,1H3,(H,18,19). The highest BCUT2D eigenvalue weighted by atomic mass is 32.2. The molecule has 22 heavy (non-hydrogen) atoms. The van der Waals surface area contributed by atoms with E-state index in [1.807, 2.05) is 42.5 Å². The maximum atomic E-state index is 11.3. The average molecular weight is 316 g/mol. The molecule has 2 N–H and O–H groups in total. The number of amides is 1. The molecule has 0 fully saturated rings. The van der Waals surface area contributed by atoms with E-state index in [1.54, 1.807) is 6.26 Å². The summed E-state index contributed by atoms with van der Waals surface area (Å²) in [4.78, 5) is 12.0. The lowest BCUT2D eigenvalue weighted by molar-refractivity contribution is -0.118. The Hall–Kier alpha value is -2.34. The van der Waals surface area contributed by atoms with Crippen molar-refractivity contribution in [1.82, 2.24) is 0 Å². The van der Waals surface area contributed by atoms with Gasteiger partial charge >= 0.3 is 0 Å². The average Bonchev–Trinajstić information content (AvgIpc) is 2.53. The highest BCUT2D eigenvalue weighted by Crippen LogP contribution is 2.30. The van der Waals surface area contributed by atoms with Gasteiger partial charge in [-0.05, 0) is 29.8 Å². The molecule has 5 nitrogen and oxygen atoms in total. The van der Waals surface area contributed by atoms with Gasteiger partial charge in [0.25, 0.3) is 5.91 Å². The lowest BCUT2D eigenvalue weighted by Crippen LogP contribution is -2.25. The number of carbonyl (C=O) groups excluding carboxylic acids is 1. The molecule has 0 aromatic heterocycles. The Bertz CT molecular complexity index is 729. The molecular formula is C16H16N2O3S. The summed E-state index contributed by atoms with van der Waals surface area (Å²) in [6.07, 6.45) is 1.67. The van der Waals surface area contributed by atoms with Crippen LogP contribution in [0.5, 0.6) is 5.75 Å². The predicted octanol–water partition coefficient (Wildman–Crippen LogP) is 2.37. The Morgan fingerprint density at radius 1 is 1.23 bits per heavy atom. The quantitative estimate of drug-likeness (QED) is 0.909. The molecule has 0 radical (unpaired) electrons. The van der Waals surface area contributed by atoms with Gasteiger partial charge < -0.3 is 15.4 Å². The molecule has 1 heterocycles. The molecule has 1 aliphatic rings. The summed E-state index contributed by atoms with van der Waals surface area (Å²) in [5.41, 5.74) is 2.70. The van der Waals surface area contributed by atoms with Crippen LogP contribution in [0.15, 0.2) is 47.4 Å². The van der Waals surface area contributed by atoms with Crippen LogP contribution in [0.4, 0.5) is 11.4 Å². The number of anilines is 2. The second-order valence-electron chi connectivity index (χ2n) is 5.00. The van der Waals surface area contributed by atoms with Crippen LogP contribution in [0, 0.1) is 0 Å². The molecule has 114 valence electrons. The number of hydrogen-bond acceptors (Lipinski definition) is 4. The van der Waals surface area contributed by atoms with E-state index >= 15 is 0 Å². The molecule has 1 unspecified atom stereocenters. The van der Waals surface area contributed by atoms with Crippen molar-refractivity contribution in [2.24, 2.45) is 0 Å². The normalized spacial score (nSPS) is 14.5. The van der Waals surface area contributed by atoms with Gasteiger partial charge in [-0.15, -0.1) is 0 Å². The maximum Gasteiger partial charge on any atom is 0.262 e. The maximum absolute atomic E-state index is 11.3. The SMILES string of the molecule is CS(=O)c1ccc(CNc2ccc3c(c2)OCC(=O)N3)cc1. The number of nitrogens with one attached hydrogen (secondary N) is 2. The van der Waals surface area contributed by atoms with E-state index in [-0.39, 0.29) is 12.5 Å². The fourth-order valence-corrected chi connectivity index (χ4v) is 2.71. The van der Waals surface area contributed by atoms with Crippen LogP contribution in [0.2, 0.25) is 0 Å². The van der Waals surface area contributed by atoms with E-state index in [4.69, 9.17) is 4.74 Å². The molecule has 1 amide bonds. The van der Waals surface area contributed by atoms with Crippen LogP contribution in [-0.4, -0.2) is 23.0 Å². The molecular weight excluding hydrogens is 300 g/mol. The minimum absolute atomic E-state index is 0.0477. The monoisotopic (exact) mass is 316 g/mol. The van der Waals surface area contributed by atoms with E-state index in [0.29, 0.717) is 18.0 Å². The van der Waals surface area contributed by atoms with Crippen molar-refractivity contribution in [1.29, 1.82) is 0 Å². The summed E-state index contributed by atoms with van der Waals surface area (Å²) in [7, 11) is -0.953. The number of ether oxygens (including phenoxy) is 1. The summed E-state index contributed by atoms with van der Waals surface area (Å²) in [5.74, 6) is 0.530. The van der Waals surface area contributed by atoms with Crippen molar-refractivity contribution in [3.8, 4) is 5.75 Å². The van der Waals surface area contributed by atoms with Crippen LogP contribution in [0.3, 0.4) is 0 Å². The minimum atomic E-state index is -0.953. The van der Waals surface area contributed by atoms with Crippen molar-refractivity contribution in [3.63, 3.8) is 0 Å². The van der Waals surface area contributed by atoms with Gasteiger partial charge in [0.05, 0.1) is 5.69 Å². The first-order chi connectivity index (χ1) is 10.6. The molecule has 0 saturated heterocycles. The lowest BCUT2D eigenvalue weighted by atomic mass is 10.2. The molecule has 0 spiro atoms. The molecule has 0 bridgehead atoms. The summed E-state index contributed by atoms with van der Waals surface area (Å²) >= 11 is 0. The van der Waals surface area contributed by atoms with Crippen LogP contribution in [-0.2, 0) is 22.1 Å². The smallest absolute Gasteiger partial charge is 0.262 e. The number of rotatable bonds is 4. The van der Waals surface area contributed by atoms with Crippen molar-refractivity contribution in [2.75, 3.05) is 23.5 Å². The van der Waals surface area contributed by atoms with Gasteiger partial charge in [-0.25, -0.2) is 0 Å². The first-order valence-corrected chi connectivity index (χ1v) is 8.40. The summed E-state index contributed by atoms with van der Waals surface area (Å²) in [6, 6.07) is 13.2. The highest BCUT2D eigenvalue weighted by molar-refractivity contribution is 7.84. The zero-order valence-corrected chi connectivity index (χ0v) is 12.9. The summed E-state index contributed by atoms with van der Waals surface area (Å²) in [5, 5.41) is 6.06. The Kier molecular flexibility index (Phi) is 4.11. The molecule has 6 heteroatoms. The number of fused-ring (bicyclic) bond motifs is 1. The van der Waals surface area contributed by atoms with Gasteiger partial charge in [-0.1, -0.05) is 12.1 Å². The van der Waals surface area contributed by atoms with Crippen molar-refractivity contribution >= 4 is 28.1 Å². The van der Waals surface area contributed by atoms with Gasteiger partial charge in [-0.3, -0.25) is 9.00 Å². The molecule has 2 aromatic rings. The fraction of sp³-hybridized carbons (Fsp3) is 0.188. The van der Waals surface area contributed by atoms with Crippen LogP contribution in [0.25, 0.3) is 0 Å². The first kappa shape index (κ1) is 14.6. The van der Waals surface area contributed by atoms with Crippen LogP contribution in [0.1, 0.15) is 5.56 Å². The third-order valence-corrected chi connectivity index (χ3v) is 4.30. The molecule has 1 atom stereocenters. The summed E-state index contributed by atoms with van der Waals surface area (Å²) in [6.45, 7) is 0.702. The Morgan fingerprint density at radius 2 is 2.00 bits per heavy atom. The summed E-state index contributed by atoms with van der Waals surface area (Å²) < 4.78 is 16.7.